The van der Waals surface area contributed by atoms with Gasteiger partial charge in [-0.2, -0.15) is 0 Å². The van der Waals surface area contributed by atoms with Crippen molar-refractivity contribution in [1.82, 2.24) is 5.32 Å². The number of carbonyl (C=O) groups is 1. The highest BCUT2D eigenvalue weighted by atomic mass is 16.5. The van der Waals surface area contributed by atoms with Gasteiger partial charge < -0.3 is 19.2 Å². The first-order chi connectivity index (χ1) is 11.8. The van der Waals surface area contributed by atoms with Crippen LogP contribution in [0.5, 0.6) is 0 Å². The van der Waals surface area contributed by atoms with E-state index in [1.54, 1.807) is 0 Å². The molecule has 3 rings (SSSR count). The summed E-state index contributed by atoms with van der Waals surface area (Å²) in [6, 6.07) is 13.7. The van der Waals surface area contributed by atoms with Gasteiger partial charge in [-0.05, 0) is 31.4 Å². The second-order valence-corrected chi connectivity index (χ2v) is 5.91. The summed E-state index contributed by atoms with van der Waals surface area (Å²) in [5, 5.41) is 2.80. The standard InChI is InChI=1S/C19H23NO4/c21-19(14-22-13-17-8-4-5-11-23-17)20-12-16-9-10-18(24-16)15-6-2-1-3-7-15/h1-3,6-7,9-10,17H,4-5,8,11-14H2,(H,20,21)/t17-/m0/s1. The van der Waals surface area contributed by atoms with Gasteiger partial charge in [0.2, 0.25) is 5.91 Å². The summed E-state index contributed by atoms with van der Waals surface area (Å²) in [6.45, 7) is 1.68. The van der Waals surface area contributed by atoms with E-state index in [0.717, 1.165) is 36.5 Å². The molecule has 1 aromatic heterocycles. The maximum Gasteiger partial charge on any atom is 0.246 e. The Kier molecular flexibility index (Phi) is 6.04. The van der Waals surface area contributed by atoms with Gasteiger partial charge in [0.05, 0.1) is 19.3 Å². The topological polar surface area (TPSA) is 60.7 Å². The molecule has 1 saturated heterocycles. The van der Waals surface area contributed by atoms with E-state index in [1.807, 2.05) is 42.5 Å². The third kappa shape index (κ3) is 4.94. The number of hydrogen-bond acceptors (Lipinski definition) is 4. The van der Waals surface area contributed by atoms with E-state index in [1.165, 1.54) is 6.42 Å². The van der Waals surface area contributed by atoms with Crippen LogP contribution in [0.1, 0.15) is 25.0 Å². The fourth-order valence-electron chi connectivity index (χ4n) is 2.69. The molecule has 1 amide bonds. The average molecular weight is 329 g/mol. The van der Waals surface area contributed by atoms with Crippen LogP contribution < -0.4 is 5.32 Å². The molecule has 128 valence electrons. The van der Waals surface area contributed by atoms with Crippen LogP contribution in [0.25, 0.3) is 11.3 Å². The third-order valence-electron chi connectivity index (χ3n) is 3.99. The van der Waals surface area contributed by atoms with Gasteiger partial charge in [0.15, 0.2) is 0 Å². The smallest absolute Gasteiger partial charge is 0.246 e. The van der Waals surface area contributed by atoms with Crippen molar-refractivity contribution < 1.29 is 18.7 Å². The quantitative estimate of drug-likeness (QED) is 0.848. The lowest BCUT2D eigenvalue weighted by molar-refractivity contribution is -0.128. The SMILES string of the molecule is O=C(COC[C@@H]1CCCCO1)NCc1ccc(-c2ccccc2)o1. The van der Waals surface area contributed by atoms with Crippen LogP contribution in [-0.4, -0.2) is 31.8 Å². The Morgan fingerprint density at radius 2 is 2.04 bits per heavy atom. The molecule has 0 spiro atoms. The predicted molar refractivity (Wildman–Crippen MR) is 90.4 cm³/mol. The predicted octanol–water partition coefficient (Wildman–Crippen LogP) is 3.15. The Bertz CT molecular complexity index is 632. The number of furan rings is 1. The van der Waals surface area contributed by atoms with E-state index in [4.69, 9.17) is 13.9 Å². The molecule has 2 aromatic rings. The first-order valence-electron chi connectivity index (χ1n) is 8.41. The van der Waals surface area contributed by atoms with Gasteiger partial charge in [0, 0.05) is 12.2 Å². The molecule has 1 N–H and O–H groups in total. The van der Waals surface area contributed by atoms with E-state index in [9.17, 15) is 4.79 Å². The Hall–Kier alpha value is -2.11. The van der Waals surface area contributed by atoms with Crippen molar-refractivity contribution in [3.8, 4) is 11.3 Å². The summed E-state index contributed by atoms with van der Waals surface area (Å²) in [4.78, 5) is 11.8. The number of amides is 1. The van der Waals surface area contributed by atoms with Crippen LogP contribution >= 0.6 is 0 Å². The molecule has 0 saturated carbocycles. The average Bonchev–Trinajstić information content (AvgIpc) is 3.11. The molecular weight excluding hydrogens is 306 g/mol. The molecule has 1 atom stereocenters. The highest BCUT2D eigenvalue weighted by Gasteiger charge is 2.14. The normalized spacial score (nSPS) is 17.6. The number of ether oxygens (including phenoxy) is 2. The number of carbonyl (C=O) groups excluding carboxylic acids is 1. The maximum atomic E-state index is 11.8. The van der Waals surface area contributed by atoms with Crippen LogP contribution in [0.15, 0.2) is 46.9 Å². The van der Waals surface area contributed by atoms with Crippen LogP contribution in [0.2, 0.25) is 0 Å². The summed E-state index contributed by atoms with van der Waals surface area (Å²) in [5.41, 5.74) is 1.02. The van der Waals surface area contributed by atoms with Crippen molar-refractivity contribution in [2.75, 3.05) is 19.8 Å². The van der Waals surface area contributed by atoms with Crippen molar-refractivity contribution >= 4 is 5.91 Å². The largest absolute Gasteiger partial charge is 0.459 e. The van der Waals surface area contributed by atoms with Gasteiger partial charge in [0.1, 0.15) is 18.1 Å². The van der Waals surface area contributed by atoms with Gasteiger partial charge in [0.25, 0.3) is 0 Å². The molecular formula is C19H23NO4. The summed E-state index contributed by atoms with van der Waals surface area (Å²) >= 11 is 0. The molecule has 5 heteroatoms. The summed E-state index contributed by atoms with van der Waals surface area (Å²) < 4.78 is 16.7. The summed E-state index contributed by atoms with van der Waals surface area (Å²) in [7, 11) is 0. The van der Waals surface area contributed by atoms with E-state index in [0.29, 0.717) is 13.2 Å². The molecule has 5 nitrogen and oxygen atoms in total. The van der Waals surface area contributed by atoms with E-state index < -0.39 is 0 Å². The third-order valence-corrected chi connectivity index (χ3v) is 3.99. The van der Waals surface area contributed by atoms with Crippen LogP contribution in [-0.2, 0) is 20.8 Å². The molecule has 0 bridgehead atoms. The molecule has 0 radical (unpaired) electrons. The fourth-order valence-corrected chi connectivity index (χ4v) is 2.69. The zero-order valence-electron chi connectivity index (χ0n) is 13.7. The van der Waals surface area contributed by atoms with E-state index in [-0.39, 0.29) is 18.6 Å². The lowest BCUT2D eigenvalue weighted by Gasteiger charge is -2.22. The highest BCUT2D eigenvalue weighted by molar-refractivity contribution is 5.77. The number of hydrogen-bond donors (Lipinski definition) is 1. The number of nitrogens with one attached hydrogen (secondary N) is 1. The second kappa shape index (κ2) is 8.66. The molecule has 1 fully saturated rings. The minimum atomic E-state index is -0.150. The van der Waals surface area contributed by atoms with Crippen molar-refractivity contribution in [3.63, 3.8) is 0 Å². The van der Waals surface area contributed by atoms with Crippen LogP contribution in [0.3, 0.4) is 0 Å². The minimum absolute atomic E-state index is 0.0477. The minimum Gasteiger partial charge on any atom is -0.459 e. The molecule has 0 unspecified atom stereocenters. The first-order valence-corrected chi connectivity index (χ1v) is 8.41. The lowest BCUT2D eigenvalue weighted by Crippen LogP contribution is -2.30. The van der Waals surface area contributed by atoms with Crippen molar-refractivity contribution in [3.05, 3.63) is 48.2 Å². The number of rotatable bonds is 7. The monoisotopic (exact) mass is 329 g/mol. The van der Waals surface area contributed by atoms with Gasteiger partial charge in [-0.15, -0.1) is 0 Å². The molecule has 1 aliphatic heterocycles. The molecule has 0 aliphatic carbocycles. The van der Waals surface area contributed by atoms with Crippen molar-refractivity contribution in [2.24, 2.45) is 0 Å². The molecule has 2 heterocycles. The van der Waals surface area contributed by atoms with Crippen molar-refractivity contribution in [1.29, 1.82) is 0 Å². The van der Waals surface area contributed by atoms with E-state index >= 15 is 0 Å². The molecule has 24 heavy (non-hydrogen) atoms. The Balaban J connectivity index is 1.38. The van der Waals surface area contributed by atoms with E-state index in [2.05, 4.69) is 5.32 Å². The maximum absolute atomic E-state index is 11.8. The lowest BCUT2D eigenvalue weighted by atomic mass is 10.1. The van der Waals surface area contributed by atoms with Gasteiger partial charge in [-0.1, -0.05) is 30.3 Å². The Morgan fingerprint density at radius 1 is 1.17 bits per heavy atom. The second-order valence-electron chi connectivity index (χ2n) is 5.91. The first kappa shape index (κ1) is 16.7. The summed E-state index contributed by atoms with van der Waals surface area (Å²) in [6.07, 6.45) is 3.43. The van der Waals surface area contributed by atoms with Crippen LogP contribution in [0, 0.1) is 0 Å². The van der Waals surface area contributed by atoms with Crippen LogP contribution in [0.4, 0.5) is 0 Å². The Labute approximate surface area is 141 Å². The van der Waals surface area contributed by atoms with Crippen molar-refractivity contribution in [2.45, 2.75) is 31.9 Å². The zero-order valence-corrected chi connectivity index (χ0v) is 13.7. The fraction of sp³-hybridized carbons (Fsp3) is 0.421. The zero-order chi connectivity index (χ0) is 16.6. The summed E-state index contributed by atoms with van der Waals surface area (Å²) in [5.74, 6) is 1.37. The van der Waals surface area contributed by atoms with Gasteiger partial charge in [-0.25, -0.2) is 0 Å². The molecule has 1 aliphatic rings. The highest BCUT2D eigenvalue weighted by Crippen LogP contribution is 2.21. The van der Waals surface area contributed by atoms with Gasteiger partial charge >= 0.3 is 0 Å². The van der Waals surface area contributed by atoms with Gasteiger partial charge in [-0.3, -0.25) is 4.79 Å². The molecule has 1 aromatic carbocycles. The Morgan fingerprint density at radius 3 is 2.83 bits per heavy atom. The number of benzene rings is 1.